The van der Waals surface area contributed by atoms with Crippen LogP contribution < -0.4 is 5.32 Å². The van der Waals surface area contributed by atoms with Gasteiger partial charge in [0.1, 0.15) is 6.04 Å². The van der Waals surface area contributed by atoms with Gasteiger partial charge in [0.25, 0.3) is 0 Å². The summed E-state index contributed by atoms with van der Waals surface area (Å²) < 4.78 is 0.706. The van der Waals surface area contributed by atoms with Crippen molar-refractivity contribution in [1.82, 2.24) is 10.2 Å². The first kappa shape index (κ1) is 12.0. The molecule has 1 aromatic heterocycles. The van der Waals surface area contributed by atoms with Crippen LogP contribution in [-0.4, -0.2) is 29.3 Å². The maximum Gasteiger partial charge on any atom is 0.246 e. The fourth-order valence-corrected chi connectivity index (χ4v) is 3.34. The van der Waals surface area contributed by atoms with Crippen LogP contribution >= 0.6 is 22.9 Å². The van der Waals surface area contributed by atoms with E-state index in [9.17, 15) is 9.59 Å². The zero-order valence-electron chi connectivity index (χ0n) is 9.69. The molecule has 96 valence electrons. The van der Waals surface area contributed by atoms with Crippen LogP contribution in [0.1, 0.15) is 17.7 Å². The number of piperazine rings is 1. The molecule has 6 heteroatoms. The average Bonchev–Trinajstić information content (AvgIpc) is 3.08. The third-order valence-electron chi connectivity index (χ3n) is 3.30. The number of nitrogens with one attached hydrogen (secondary N) is 1. The van der Waals surface area contributed by atoms with Crippen LogP contribution in [0.15, 0.2) is 12.1 Å². The van der Waals surface area contributed by atoms with E-state index in [4.69, 9.17) is 11.6 Å². The Morgan fingerprint density at radius 3 is 2.78 bits per heavy atom. The molecule has 1 N–H and O–H groups in total. The second kappa shape index (κ2) is 4.55. The lowest BCUT2D eigenvalue weighted by Gasteiger charge is -2.32. The fourth-order valence-electron chi connectivity index (χ4n) is 2.24. The van der Waals surface area contributed by atoms with Crippen LogP contribution in [0, 0.1) is 5.92 Å². The highest BCUT2D eigenvalue weighted by atomic mass is 35.5. The Morgan fingerprint density at radius 2 is 2.17 bits per heavy atom. The molecule has 1 unspecified atom stereocenters. The third kappa shape index (κ3) is 2.37. The Bertz CT molecular complexity index is 498. The van der Waals surface area contributed by atoms with Crippen molar-refractivity contribution in [2.45, 2.75) is 25.4 Å². The van der Waals surface area contributed by atoms with Crippen LogP contribution in [0.25, 0.3) is 0 Å². The molecule has 2 aliphatic rings. The normalized spacial score (nSPS) is 24.3. The van der Waals surface area contributed by atoms with E-state index in [1.165, 1.54) is 11.3 Å². The lowest BCUT2D eigenvalue weighted by molar-refractivity contribution is -0.145. The van der Waals surface area contributed by atoms with Crippen LogP contribution in [-0.2, 0) is 16.1 Å². The molecule has 0 spiro atoms. The van der Waals surface area contributed by atoms with Crippen LogP contribution in [0.5, 0.6) is 0 Å². The average molecular weight is 285 g/mol. The highest BCUT2D eigenvalue weighted by Gasteiger charge is 2.42. The smallest absolute Gasteiger partial charge is 0.246 e. The first-order valence-corrected chi connectivity index (χ1v) is 7.15. The molecular formula is C12H13ClN2O2S. The van der Waals surface area contributed by atoms with Crippen molar-refractivity contribution in [3.63, 3.8) is 0 Å². The summed E-state index contributed by atoms with van der Waals surface area (Å²) in [4.78, 5) is 26.5. The van der Waals surface area contributed by atoms with E-state index in [0.29, 0.717) is 16.8 Å². The number of thiophene rings is 1. The summed E-state index contributed by atoms with van der Waals surface area (Å²) in [6.45, 7) is 0.629. The predicted molar refractivity (Wildman–Crippen MR) is 69.4 cm³/mol. The maximum absolute atomic E-state index is 12.2. The van der Waals surface area contributed by atoms with Crippen LogP contribution in [0.4, 0.5) is 0 Å². The summed E-state index contributed by atoms with van der Waals surface area (Å²) >= 11 is 7.32. The zero-order chi connectivity index (χ0) is 12.7. The van der Waals surface area contributed by atoms with E-state index in [2.05, 4.69) is 5.32 Å². The number of amides is 2. The molecule has 1 aromatic rings. The molecule has 0 aromatic carbocycles. The molecule has 1 saturated carbocycles. The molecule has 18 heavy (non-hydrogen) atoms. The number of nitrogens with zero attached hydrogens (tertiary/aromatic N) is 1. The van der Waals surface area contributed by atoms with Crippen molar-refractivity contribution in [3.05, 3.63) is 21.3 Å². The van der Waals surface area contributed by atoms with Gasteiger partial charge in [0, 0.05) is 4.88 Å². The van der Waals surface area contributed by atoms with Gasteiger partial charge in [-0.25, -0.2) is 0 Å². The quantitative estimate of drug-likeness (QED) is 0.917. The standard InChI is InChI=1S/C12H13ClN2O2S/c13-9-4-3-8(18-9)5-15-6-10(16)14-11(12(15)17)7-1-2-7/h3-4,7,11H,1-2,5-6H2,(H,14,16). The van der Waals surface area contributed by atoms with Gasteiger partial charge in [-0.2, -0.15) is 0 Å². The number of carbonyl (C=O) groups is 2. The Kier molecular flexibility index (Phi) is 3.03. The van der Waals surface area contributed by atoms with Crippen LogP contribution in [0.2, 0.25) is 4.34 Å². The van der Waals surface area contributed by atoms with Gasteiger partial charge in [-0.15, -0.1) is 11.3 Å². The Balaban J connectivity index is 1.73. The van der Waals surface area contributed by atoms with Gasteiger partial charge in [0.15, 0.2) is 0 Å². The lowest BCUT2D eigenvalue weighted by Crippen LogP contribution is -2.58. The Morgan fingerprint density at radius 1 is 1.39 bits per heavy atom. The van der Waals surface area contributed by atoms with E-state index < -0.39 is 0 Å². The minimum absolute atomic E-state index is 0.0432. The van der Waals surface area contributed by atoms with E-state index in [0.717, 1.165) is 17.7 Å². The van der Waals surface area contributed by atoms with E-state index >= 15 is 0 Å². The van der Waals surface area contributed by atoms with Gasteiger partial charge in [0.2, 0.25) is 11.8 Å². The highest BCUT2D eigenvalue weighted by Crippen LogP contribution is 2.34. The maximum atomic E-state index is 12.2. The van der Waals surface area contributed by atoms with Gasteiger partial charge < -0.3 is 10.2 Å². The van der Waals surface area contributed by atoms with Crippen LogP contribution in [0.3, 0.4) is 0 Å². The molecular weight excluding hydrogens is 272 g/mol. The molecule has 0 radical (unpaired) electrons. The minimum atomic E-state index is -0.304. The van der Waals surface area contributed by atoms with Gasteiger partial charge in [-0.1, -0.05) is 11.6 Å². The second-order valence-corrected chi connectivity index (χ2v) is 6.58. The number of halogens is 1. The predicted octanol–water partition coefficient (Wildman–Crippen LogP) is 1.64. The van der Waals surface area contributed by atoms with Gasteiger partial charge in [-0.05, 0) is 30.9 Å². The van der Waals surface area contributed by atoms with Gasteiger partial charge in [-0.3, -0.25) is 9.59 Å². The summed E-state index contributed by atoms with van der Waals surface area (Å²) in [5.74, 6) is 0.326. The first-order valence-electron chi connectivity index (χ1n) is 5.96. The molecule has 1 atom stereocenters. The first-order chi connectivity index (χ1) is 8.63. The van der Waals surface area contributed by atoms with E-state index in [-0.39, 0.29) is 24.4 Å². The number of carbonyl (C=O) groups excluding carboxylic acids is 2. The second-order valence-electron chi connectivity index (χ2n) is 4.78. The Labute approximate surface area is 114 Å². The highest BCUT2D eigenvalue weighted by molar-refractivity contribution is 7.16. The molecule has 0 bridgehead atoms. The number of hydrogen-bond donors (Lipinski definition) is 1. The molecule has 2 heterocycles. The van der Waals surface area contributed by atoms with E-state index in [1.54, 1.807) is 4.90 Å². The van der Waals surface area contributed by atoms with Crippen molar-refractivity contribution in [2.75, 3.05) is 6.54 Å². The fraction of sp³-hybridized carbons (Fsp3) is 0.500. The molecule has 4 nitrogen and oxygen atoms in total. The minimum Gasteiger partial charge on any atom is -0.342 e. The monoisotopic (exact) mass is 284 g/mol. The summed E-state index contributed by atoms with van der Waals surface area (Å²) in [6.07, 6.45) is 2.07. The van der Waals surface area contributed by atoms with Crippen molar-refractivity contribution in [3.8, 4) is 0 Å². The zero-order valence-corrected chi connectivity index (χ0v) is 11.3. The van der Waals surface area contributed by atoms with Crippen molar-refractivity contribution in [2.24, 2.45) is 5.92 Å². The molecule has 1 aliphatic carbocycles. The third-order valence-corrected chi connectivity index (χ3v) is 4.51. The molecule has 2 fully saturated rings. The largest absolute Gasteiger partial charge is 0.342 e. The van der Waals surface area contributed by atoms with Crippen molar-refractivity contribution >= 4 is 34.8 Å². The SMILES string of the molecule is O=C1CN(Cc2ccc(Cl)s2)C(=O)C(C2CC2)N1. The topological polar surface area (TPSA) is 49.4 Å². The Hall–Kier alpha value is -1.07. The molecule has 1 saturated heterocycles. The van der Waals surface area contributed by atoms with E-state index in [1.807, 2.05) is 12.1 Å². The number of rotatable bonds is 3. The summed E-state index contributed by atoms with van der Waals surface area (Å²) in [6, 6.07) is 3.41. The number of hydrogen-bond acceptors (Lipinski definition) is 3. The van der Waals surface area contributed by atoms with Gasteiger partial charge >= 0.3 is 0 Å². The lowest BCUT2D eigenvalue weighted by atomic mass is 10.1. The summed E-state index contributed by atoms with van der Waals surface area (Å²) in [5.41, 5.74) is 0. The summed E-state index contributed by atoms with van der Waals surface area (Å²) in [5, 5.41) is 2.80. The van der Waals surface area contributed by atoms with Crippen molar-refractivity contribution < 1.29 is 9.59 Å². The molecule has 2 amide bonds. The summed E-state index contributed by atoms with van der Waals surface area (Å²) in [7, 11) is 0. The van der Waals surface area contributed by atoms with Gasteiger partial charge in [0.05, 0.1) is 17.4 Å². The molecule has 3 rings (SSSR count). The molecule has 1 aliphatic heterocycles. The van der Waals surface area contributed by atoms with Crippen molar-refractivity contribution in [1.29, 1.82) is 0 Å².